The average molecular weight is 422 g/mol. The fourth-order valence-electron chi connectivity index (χ4n) is 3.67. The normalized spacial score (nSPS) is 13.8. The fourth-order valence-corrected chi connectivity index (χ4v) is 3.67. The van der Waals surface area contributed by atoms with Crippen LogP contribution in [-0.4, -0.2) is 43.8 Å². The number of hydrogen-bond acceptors (Lipinski definition) is 5. The molecule has 1 fully saturated rings. The number of Topliss-reactive ketones (excluding diaryl/α,β-unsaturated/α-hetero) is 1. The molecule has 31 heavy (non-hydrogen) atoms. The van der Waals surface area contributed by atoms with E-state index in [0.29, 0.717) is 18.9 Å². The van der Waals surface area contributed by atoms with Crippen molar-refractivity contribution in [3.63, 3.8) is 0 Å². The molecule has 1 aromatic heterocycles. The van der Waals surface area contributed by atoms with Crippen molar-refractivity contribution in [3.05, 3.63) is 88.1 Å². The van der Waals surface area contributed by atoms with Gasteiger partial charge in [-0.2, -0.15) is 0 Å². The Bertz CT molecular complexity index is 1140. The molecule has 2 aromatic carbocycles. The van der Waals surface area contributed by atoms with Crippen molar-refractivity contribution >= 4 is 11.5 Å². The van der Waals surface area contributed by atoms with Crippen LogP contribution in [0.4, 0.5) is 10.1 Å². The highest BCUT2D eigenvalue weighted by Crippen LogP contribution is 2.23. The zero-order valence-electron chi connectivity index (χ0n) is 17.2. The van der Waals surface area contributed by atoms with Crippen molar-refractivity contribution in [2.45, 2.75) is 6.42 Å². The van der Waals surface area contributed by atoms with E-state index in [1.807, 2.05) is 24.3 Å². The summed E-state index contributed by atoms with van der Waals surface area (Å²) in [4.78, 5) is 28.1. The largest absolute Gasteiger partial charge is 0.494 e. The smallest absolute Gasteiger partial charge is 0.266 e. The van der Waals surface area contributed by atoms with Gasteiger partial charge in [0.1, 0.15) is 11.6 Å². The molecule has 0 N–H and O–H groups in total. The second kappa shape index (κ2) is 9.14. The molecule has 0 bridgehead atoms. The van der Waals surface area contributed by atoms with E-state index in [4.69, 9.17) is 9.47 Å². The van der Waals surface area contributed by atoms with Gasteiger partial charge in [0.15, 0.2) is 5.78 Å². The predicted molar refractivity (Wildman–Crippen MR) is 116 cm³/mol. The molecule has 4 rings (SSSR count). The van der Waals surface area contributed by atoms with Crippen LogP contribution in [0.25, 0.3) is 5.69 Å². The molecule has 0 radical (unpaired) electrons. The van der Waals surface area contributed by atoms with Crippen molar-refractivity contribution in [3.8, 4) is 11.4 Å². The third-order valence-electron chi connectivity index (χ3n) is 5.33. The first kappa shape index (κ1) is 20.8. The number of ether oxygens (including phenoxy) is 2. The molecule has 1 aliphatic heterocycles. The van der Waals surface area contributed by atoms with Crippen LogP contribution in [0.1, 0.15) is 15.9 Å². The number of ketones is 1. The van der Waals surface area contributed by atoms with Gasteiger partial charge in [0.2, 0.25) is 0 Å². The first-order valence-corrected chi connectivity index (χ1v) is 10.1. The number of aromatic nitrogens is 1. The van der Waals surface area contributed by atoms with E-state index in [1.165, 1.54) is 42.1 Å². The van der Waals surface area contributed by atoms with Gasteiger partial charge in [0, 0.05) is 37.5 Å². The molecule has 6 nitrogen and oxygen atoms in total. The Hall–Kier alpha value is -3.45. The molecular weight excluding hydrogens is 399 g/mol. The number of halogens is 1. The van der Waals surface area contributed by atoms with Gasteiger partial charge in [-0.25, -0.2) is 4.39 Å². The summed E-state index contributed by atoms with van der Waals surface area (Å²) >= 11 is 0. The van der Waals surface area contributed by atoms with Gasteiger partial charge in [-0.3, -0.25) is 14.2 Å². The number of anilines is 1. The second-order valence-electron chi connectivity index (χ2n) is 7.28. The van der Waals surface area contributed by atoms with E-state index in [-0.39, 0.29) is 23.5 Å². The number of carbonyl (C=O) groups excluding carboxylic acids is 1. The number of benzene rings is 2. The van der Waals surface area contributed by atoms with Gasteiger partial charge in [-0.15, -0.1) is 0 Å². The SMILES string of the molecule is COc1cc(F)ccc1-n1cccc(C(=O)Cc2ccc(N3CCOCC3)cc2)c1=O. The first-order chi connectivity index (χ1) is 15.1. The predicted octanol–water partition coefficient (Wildman–Crippen LogP) is 3.25. The topological polar surface area (TPSA) is 60.8 Å². The molecule has 160 valence electrons. The van der Waals surface area contributed by atoms with Crippen molar-refractivity contribution in [1.82, 2.24) is 4.57 Å². The minimum atomic E-state index is -0.471. The van der Waals surface area contributed by atoms with Crippen molar-refractivity contribution in [1.29, 1.82) is 0 Å². The molecule has 0 spiro atoms. The summed E-state index contributed by atoms with van der Waals surface area (Å²) in [5, 5.41) is 0. The first-order valence-electron chi connectivity index (χ1n) is 10.1. The van der Waals surface area contributed by atoms with Gasteiger partial charge in [0.25, 0.3) is 5.56 Å². The Kier molecular flexibility index (Phi) is 6.13. The minimum Gasteiger partial charge on any atom is -0.494 e. The molecule has 1 saturated heterocycles. The lowest BCUT2D eigenvalue weighted by Gasteiger charge is -2.28. The third-order valence-corrected chi connectivity index (χ3v) is 5.33. The molecule has 0 saturated carbocycles. The number of methoxy groups -OCH3 is 1. The summed E-state index contributed by atoms with van der Waals surface area (Å²) in [5.74, 6) is -0.536. The highest BCUT2D eigenvalue weighted by atomic mass is 19.1. The highest BCUT2D eigenvalue weighted by molar-refractivity contribution is 5.97. The van der Waals surface area contributed by atoms with Crippen LogP contribution in [-0.2, 0) is 11.2 Å². The van der Waals surface area contributed by atoms with Gasteiger partial charge in [-0.05, 0) is 42.0 Å². The summed E-state index contributed by atoms with van der Waals surface area (Å²) in [6.45, 7) is 3.10. The zero-order valence-corrected chi connectivity index (χ0v) is 17.2. The molecule has 7 heteroatoms. The summed E-state index contributed by atoms with van der Waals surface area (Å²) in [5.41, 5.74) is 1.90. The van der Waals surface area contributed by atoms with E-state index in [1.54, 1.807) is 6.07 Å². The van der Waals surface area contributed by atoms with Crippen LogP contribution in [0.5, 0.6) is 5.75 Å². The van der Waals surface area contributed by atoms with E-state index in [9.17, 15) is 14.0 Å². The van der Waals surface area contributed by atoms with Crippen LogP contribution >= 0.6 is 0 Å². The molecular formula is C24H23FN2O4. The van der Waals surface area contributed by atoms with Gasteiger partial charge >= 0.3 is 0 Å². The van der Waals surface area contributed by atoms with Gasteiger partial charge in [0.05, 0.1) is 31.6 Å². The maximum absolute atomic E-state index is 13.5. The van der Waals surface area contributed by atoms with E-state index >= 15 is 0 Å². The van der Waals surface area contributed by atoms with Crippen LogP contribution < -0.4 is 15.2 Å². The molecule has 0 unspecified atom stereocenters. The third kappa shape index (κ3) is 4.51. The number of pyridine rings is 1. The standard InChI is InChI=1S/C24H23FN2O4/c1-30-23-16-18(25)6-9-21(23)27-10-2-3-20(24(27)29)22(28)15-17-4-7-19(8-5-17)26-11-13-31-14-12-26/h2-10,16H,11-15H2,1H3. The number of rotatable bonds is 6. The van der Waals surface area contributed by atoms with E-state index in [2.05, 4.69) is 4.90 Å². The van der Waals surface area contributed by atoms with Crippen LogP contribution in [0.3, 0.4) is 0 Å². The van der Waals surface area contributed by atoms with E-state index < -0.39 is 11.4 Å². The van der Waals surface area contributed by atoms with Crippen molar-refractivity contribution in [2.75, 3.05) is 38.3 Å². The van der Waals surface area contributed by atoms with Gasteiger partial charge < -0.3 is 14.4 Å². The summed E-state index contributed by atoms with van der Waals surface area (Å²) in [7, 11) is 1.40. The maximum Gasteiger partial charge on any atom is 0.266 e. The molecule has 0 amide bonds. The Morgan fingerprint density at radius 1 is 1.10 bits per heavy atom. The van der Waals surface area contributed by atoms with Gasteiger partial charge in [-0.1, -0.05) is 12.1 Å². The summed E-state index contributed by atoms with van der Waals surface area (Å²) in [6, 6.07) is 14.8. The quantitative estimate of drug-likeness (QED) is 0.571. The van der Waals surface area contributed by atoms with Crippen LogP contribution in [0, 0.1) is 5.82 Å². The number of hydrogen-bond donors (Lipinski definition) is 0. The lowest BCUT2D eigenvalue weighted by molar-refractivity contribution is 0.0991. The number of carbonyl (C=O) groups is 1. The Labute approximate surface area is 179 Å². The summed E-state index contributed by atoms with van der Waals surface area (Å²) < 4.78 is 25.4. The molecule has 0 aliphatic carbocycles. The second-order valence-corrected chi connectivity index (χ2v) is 7.28. The van der Waals surface area contributed by atoms with Crippen molar-refractivity contribution in [2.24, 2.45) is 0 Å². The maximum atomic E-state index is 13.5. The summed E-state index contributed by atoms with van der Waals surface area (Å²) in [6.07, 6.45) is 1.65. The average Bonchev–Trinajstić information content (AvgIpc) is 2.80. The Morgan fingerprint density at radius 3 is 2.55 bits per heavy atom. The number of morpholine rings is 1. The molecule has 3 aromatic rings. The molecule has 1 aliphatic rings. The molecule has 2 heterocycles. The fraction of sp³-hybridized carbons (Fsp3) is 0.250. The molecule has 0 atom stereocenters. The zero-order chi connectivity index (χ0) is 21.8. The highest BCUT2D eigenvalue weighted by Gasteiger charge is 2.16. The Balaban J connectivity index is 1.56. The van der Waals surface area contributed by atoms with Crippen LogP contribution in [0.2, 0.25) is 0 Å². The lowest BCUT2D eigenvalue weighted by Crippen LogP contribution is -2.36. The van der Waals surface area contributed by atoms with Crippen molar-refractivity contribution < 1.29 is 18.7 Å². The minimum absolute atomic E-state index is 0.0751. The monoisotopic (exact) mass is 422 g/mol. The van der Waals surface area contributed by atoms with E-state index in [0.717, 1.165) is 24.3 Å². The Morgan fingerprint density at radius 2 is 1.84 bits per heavy atom. The van der Waals surface area contributed by atoms with Crippen LogP contribution in [0.15, 0.2) is 65.6 Å². The number of nitrogens with zero attached hydrogens (tertiary/aromatic N) is 2. The lowest BCUT2D eigenvalue weighted by atomic mass is 10.0.